The highest BCUT2D eigenvalue weighted by atomic mass is 32.1. The molecule has 1 amide bonds. The third-order valence-corrected chi connectivity index (χ3v) is 5.18. The second-order valence-electron chi connectivity index (χ2n) is 6.40. The lowest BCUT2D eigenvalue weighted by molar-refractivity contribution is -0.385. The van der Waals surface area contributed by atoms with Gasteiger partial charge in [0.15, 0.2) is 5.11 Å². The minimum absolute atomic E-state index is 0.00475. The van der Waals surface area contributed by atoms with Crippen LogP contribution in [0.25, 0.3) is 0 Å². The molecule has 0 saturated heterocycles. The average molecular weight is 334 g/mol. The Bertz CT molecular complexity index is 679. The van der Waals surface area contributed by atoms with Crippen LogP contribution in [0.2, 0.25) is 0 Å². The first-order valence-corrected chi connectivity index (χ1v) is 7.85. The van der Waals surface area contributed by atoms with Crippen LogP contribution in [0.15, 0.2) is 24.3 Å². The number of nitrogens with zero attached hydrogens (tertiary/aromatic N) is 1. The molecule has 0 bridgehead atoms. The van der Waals surface area contributed by atoms with E-state index in [1.54, 1.807) is 19.2 Å². The van der Waals surface area contributed by atoms with Gasteiger partial charge in [-0.2, -0.15) is 0 Å². The Morgan fingerprint density at radius 3 is 2.57 bits per heavy atom. The minimum atomic E-state index is -0.723. The van der Waals surface area contributed by atoms with Crippen molar-refractivity contribution in [2.45, 2.75) is 31.1 Å². The Labute approximate surface area is 138 Å². The number of non-ortho nitro benzene ring substituents is 1. The summed E-state index contributed by atoms with van der Waals surface area (Å²) < 4.78 is 0. The fourth-order valence-corrected chi connectivity index (χ4v) is 3.52. The van der Waals surface area contributed by atoms with Gasteiger partial charge in [-0.15, -0.1) is 0 Å². The van der Waals surface area contributed by atoms with Crippen LogP contribution in [0.5, 0.6) is 0 Å². The standard InChI is InChI=1S/C15H18N4O3S/c1-16-13(23)18-17-12(20)15(8-14(9-15)5-6-14)10-3-2-4-11(7-10)19(21)22/h2-4,7H,5-6,8-9H2,1H3,(H,17,20)(H2,16,18,23). The number of nitro benzene ring substituents is 1. The molecule has 2 aliphatic carbocycles. The van der Waals surface area contributed by atoms with E-state index in [1.807, 2.05) is 0 Å². The van der Waals surface area contributed by atoms with Gasteiger partial charge >= 0.3 is 0 Å². The maximum absolute atomic E-state index is 12.7. The van der Waals surface area contributed by atoms with E-state index in [0.717, 1.165) is 25.7 Å². The Morgan fingerprint density at radius 2 is 2.00 bits per heavy atom. The van der Waals surface area contributed by atoms with Crippen molar-refractivity contribution < 1.29 is 9.72 Å². The molecular weight excluding hydrogens is 316 g/mol. The van der Waals surface area contributed by atoms with Gasteiger partial charge in [-0.25, -0.2) is 0 Å². The zero-order valence-electron chi connectivity index (χ0n) is 12.7. The second kappa shape index (κ2) is 5.45. The topological polar surface area (TPSA) is 96.3 Å². The molecule has 3 rings (SSSR count). The van der Waals surface area contributed by atoms with E-state index in [4.69, 9.17) is 12.2 Å². The van der Waals surface area contributed by atoms with Gasteiger partial charge in [0.25, 0.3) is 5.69 Å². The van der Waals surface area contributed by atoms with Crippen LogP contribution in [0.1, 0.15) is 31.2 Å². The summed E-state index contributed by atoms with van der Waals surface area (Å²) in [6.45, 7) is 0. The molecule has 122 valence electrons. The molecule has 2 saturated carbocycles. The van der Waals surface area contributed by atoms with Gasteiger partial charge in [-0.05, 0) is 48.9 Å². The molecular formula is C15H18N4O3S. The van der Waals surface area contributed by atoms with Crippen LogP contribution >= 0.6 is 12.2 Å². The largest absolute Gasteiger partial charge is 0.364 e. The van der Waals surface area contributed by atoms with Gasteiger partial charge in [0.05, 0.1) is 10.3 Å². The number of nitrogens with one attached hydrogen (secondary N) is 3. The van der Waals surface area contributed by atoms with E-state index >= 15 is 0 Å². The lowest BCUT2D eigenvalue weighted by atomic mass is 9.56. The fourth-order valence-electron chi connectivity index (χ4n) is 3.47. The number of carbonyl (C=O) groups is 1. The number of amides is 1. The van der Waals surface area contributed by atoms with Crippen molar-refractivity contribution in [1.29, 1.82) is 0 Å². The van der Waals surface area contributed by atoms with E-state index in [-0.39, 0.29) is 17.0 Å². The van der Waals surface area contributed by atoms with Crippen LogP contribution in [0.3, 0.4) is 0 Å². The Balaban J connectivity index is 1.85. The number of carbonyl (C=O) groups excluding carboxylic acids is 1. The Kier molecular flexibility index (Phi) is 3.71. The monoisotopic (exact) mass is 334 g/mol. The van der Waals surface area contributed by atoms with Crippen molar-refractivity contribution in [3.05, 3.63) is 39.9 Å². The van der Waals surface area contributed by atoms with Gasteiger partial charge in [-0.3, -0.25) is 25.8 Å². The molecule has 1 spiro atoms. The van der Waals surface area contributed by atoms with E-state index in [0.29, 0.717) is 10.7 Å². The number of hydrazine groups is 1. The molecule has 1 aromatic carbocycles. The Hall–Kier alpha value is -2.22. The van der Waals surface area contributed by atoms with E-state index in [9.17, 15) is 14.9 Å². The molecule has 2 fully saturated rings. The van der Waals surface area contributed by atoms with Crippen LogP contribution < -0.4 is 16.2 Å². The fraction of sp³-hybridized carbons (Fsp3) is 0.467. The first kappa shape index (κ1) is 15.7. The zero-order valence-corrected chi connectivity index (χ0v) is 13.5. The number of nitro groups is 1. The molecule has 0 atom stereocenters. The number of rotatable bonds is 3. The molecule has 7 nitrogen and oxygen atoms in total. The van der Waals surface area contributed by atoms with E-state index in [2.05, 4.69) is 16.2 Å². The highest BCUT2D eigenvalue weighted by Crippen LogP contribution is 2.69. The number of thiocarbonyl (C=S) groups is 1. The molecule has 8 heteroatoms. The third-order valence-electron chi connectivity index (χ3n) is 4.87. The SMILES string of the molecule is CNC(=S)NNC(=O)C1(c2cccc([N+](=O)[O-])c2)CC2(CC2)C1. The molecule has 0 aromatic heterocycles. The summed E-state index contributed by atoms with van der Waals surface area (Å²) in [6.07, 6.45) is 3.70. The molecule has 0 heterocycles. The summed E-state index contributed by atoms with van der Waals surface area (Å²) in [5, 5.41) is 14.0. The summed E-state index contributed by atoms with van der Waals surface area (Å²) >= 11 is 4.95. The van der Waals surface area contributed by atoms with Crippen molar-refractivity contribution in [2.24, 2.45) is 5.41 Å². The molecule has 0 radical (unpaired) electrons. The van der Waals surface area contributed by atoms with Gasteiger partial charge < -0.3 is 5.32 Å². The van der Waals surface area contributed by atoms with Crippen molar-refractivity contribution >= 4 is 28.9 Å². The molecule has 1 aromatic rings. The maximum atomic E-state index is 12.7. The summed E-state index contributed by atoms with van der Waals surface area (Å²) in [6, 6.07) is 6.37. The van der Waals surface area contributed by atoms with Crippen LogP contribution in [-0.2, 0) is 10.2 Å². The molecule has 0 aliphatic heterocycles. The molecule has 2 aliphatic rings. The van der Waals surface area contributed by atoms with E-state index in [1.165, 1.54) is 12.1 Å². The quantitative estimate of drug-likeness (QED) is 0.441. The van der Waals surface area contributed by atoms with Crippen molar-refractivity contribution in [2.75, 3.05) is 7.05 Å². The second-order valence-corrected chi connectivity index (χ2v) is 6.81. The summed E-state index contributed by atoms with van der Waals surface area (Å²) in [4.78, 5) is 23.3. The van der Waals surface area contributed by atoms with Crippen LogP contribution in [0.4, 0.5) is 5.69 Å². The van der Waals surface area contributed by atoms with Gasteiger partial charge in [0.1, 0.15) is 0 Å². The number of hydrogen-bond acceptors (Lipinski definition) is 4. The maximum Gasteiger partial charge on any atom is 0.269 e. The minimum Gasteiger partial charge on any atom is -0.364 e. The highest BCUT2D eigenvalue weighted by molar-refractivity contribution is 7.80. The molecule has 0 unspecified atom stereocenters. The van der Waals surface area contributed by atoms with Crippen LogP contribution in [-0.4, -0.2) is 23.0 Å². The van der Waals surface area contributed by atoms with Crippen molar-refractivity contribution in [3.63, 3.8) is 0 Å². The van der Waals surface area contributed by atoms with Crippen molar-refractivity contribution in [3.8, 4) is 0 Å². The van der Waals surface area contributed by atoms with Gasteiger partial charge in [0, 0.05) is 19.2 Å². The molecule has 23 heavy (non-hydrogen) atoms. The first-order chi connectivity index (χ1) is 10.9. The first-order valence-electron chi connectivity index (χ1n) is 7.44. The zero-order chi connectivity index (χ0) is 16.7. The smallest absolute Gasteiger partial charge is 0.269 e. The predicted molar refractivity (Wildman–Crippen MR) is 88.6 cm³/mol. The predicted octanol–water partition coefficient (Wildman–Crippen LogP) is 1.53. The number of benzene rings is 1. The summed E-state index contributed by atoms with van der Waals surface area (Å²) in [7, 11) is 1.65. The summed E-state index contributed by atoms with van der Waals surface area (Å²) in [5.74, 6) is -0.201. The van der Waals surface area contributed by atoms with Gasteiger partial charge in [-0.1, -0.05) is 12.1 Å². The molecule has 3 N–H and O–H groups in total. The highest BCUT2D eigenvalue weighted by Gasteiger charge is 2.64. The van der Waals surface area contributed by atoms with Crippen LogP contribution in [0, 0.1) is 15.5 Å². The lowest BCUT2D eigenvalue weighted by Crippen LogP contribution is -2.58. The van der Waals surface area contributed by atoms with E-state index < -0.39 is 10.3 Å². The third kappa shape index (κ3) is 2.74. The van der Waals surface area contributed by atoms with Gasteiger partial charge in [0.2, 0.25) is 5.91 Å². The summed E-state index contributed by atoms with van der Waals surface area (Å²) in [5.41, 5.74) is 5.50. The lowest BCUT2D eigenvalue weighted by Gasteiger charge is -2.47. The Morgan fingerprint density at radius 1 is 1.30 bits per heavy atom. The number of hydrogen-bond donors (Lipinski definition) is 3. The normalized spacial score (nSPS) is 19.3. The van der Waals surface area contributed by atoms with Crippen molar-refractivity contribution in [1.82, 2.24) is 16.2 Å². The average Bonchev–Trinajstić information content (AvgIpc) is 3.31.